The van der Waals surface area contributed by atoms with E-state index >= 15 is 0 Å². The van der Waals surface area contributed by atoms with Gasteiger partial charge < -0.3 is 14.6 Å². The number of hydrogen-bond acceptors (Lipinski definition) is 4. The maximum atomic E-state index is 12.5. The average molecular weight is 409 g/mol. The van der Waals surface area contributed by atoms with Crippen molar-refractivity contribution in [1.29, 1.82) is 0 Å². The first kappa shape index (κ1) is 23.3. The number of ether oxygens (including phenoxy) is 2. The molecule has 0 saturated heterocycles. The van der Waals surface area contributed by atoms with Gasteiger partial charge in [0.05, 0.1) is 13.2 Å². The van der Waals surface area contributed by atoms with Gasteiger partial charge in [0.15, 0.2) is 5.78 Å². The second-order valence-electron chi connectivity index (χ2n) is 7.14. The molecule has 0 spiro atoms. The summed E-state index contributed by atoms with van der Waals surface area (Å²) >= 11 is 0. The highest BCUT2D eigenvalue weighted by molar-refractivity contribution is 6.07. The Balaban J connectivity index is 2.33. The molecule has 0 unspecified atom stereocenters. The molecule has 4 heteroatoms. The Labute approximate surface area is 179 Å². The number of rotatable bonds is 13. The van der Waals surface area contributed by atoms with Gasteiger partial charge in [-0.2, -0.15) is 0 Å². The van der Waals surface area contributed by atoms with Gasteiger partial charge in [0.2, 0.25) is 0 Å². The molecule has 0 aliphatic heterocycles. The number of carbonyl (C=O) groups excluding carboxylic acids is 1. The molecular weight excluding hydrogens is 376 g/mol. The third-order valence-electron chi connectivity index (χ3n) is 4.63. The molecule has 0 aromatic heterocycles. The van der Waals surface area contributed by atoms with E-state index in [-0.39, 0.29) is 11.5 Å². The second kappa shape index (κ2) is 12.5. The topological polar surface area (TPSA) is 55.8 Å². The molecule has 1 N–H and O–H groups in total. The Kier molecular flexibility index (Phi) is 9.72. The van der Waals surface area contributed by atoms with Crippen LogP contribution in [0.4, 0.5) is 0 Å². The number of carbonyl (C=O) groups is 1. The van der Waals surface area contributed by atoms with Crippen molar-refractivity contribution in [1.82, 2.24) is 0 Å². The SMILES string of the molecule is C=CCc1cc(C=CC(=O)c2ccc(O)cc2)c(OCCCC)cc1OCCCC. The van der Waals surface area contributed by atoms with Crippen LogP contribution in [-0.4, -0.2) is 24.1 Å². The van der Waals surface area contributed by atoms with Gasteiger partial charge in [-0.25, -0.2) is 0 Å². The van der Waals surface area contributed by atoms with Crippen LogP contribution in [0.5, 0.6) is 17.2 Å². The largest absolute Gasteiger partial charge is 0.508 e. The summed E-state index contributed by atoms with van der Waals surface area (Å²) in [5.74, 6) is 1.51. The van der Waals surface area contributed by atoms with E-state index in [4.69, 9.17) is 9.47 Å². The summed E-state index contributed by atoms with van der Waals surface area (Å²) in [4.78, 5) is 12.5. The van der Waals surface area contributed by atoms with Crippen molar-refractivity contribution in [3.8, 4) is 17.2 Å². The summed E-state index contributed by atoms with van der Waals surface area (Å²) in [6, 6.07) is 10.2. The third kappa shape index (κ3) is 7.11. The number of unbranched alkanes of at least 4 members (excludes halogenated alkanes) is 2. The fraction of sp³-hybridized carbons (Fsp3) is 0.346. The first-order valence-corrected chi connectivity index (χ1v) is 10.6. The lowest BCUT2D eigenvalue weighted by molar-refractivity contribution is 0.104. The number of allylic oxidation sites excluding steroid dienone is 2. The average Bonchev–Trinajstić information content (AvgIpc) is 2.75. The van der Waals surface area contributed by atoms with Crippen LogP contribution < -0.4 is 9.47 Å². The minimum atomic E-state index is -0.136. The van der Waals surface area contributed by atoms with E-state index in [1.807, 2.05) is 18.2 Å². The minimum Gasteiger partial charge on any atom is -0.508 e. The summed E-state index contributed by atoms with van der Waals surface area (Å²) in [7, 11) is 0. The fourth-order valence-corrected chi connectivity index (χ4v) is 2.87. The minimum absolute atomic E-state index is 0.134. The van der Waals surface area contributed by atoms with Crippen molar-refractivity contribution in [2.24, 2.45) is 0 Å². The predicted molar refractivity (Wildman–Crippen MR) is 123 cm³/mol. The van der Waals surface area contributed by atoms with Crippen LogP contribution >= 0.6 is 0 Å². The molecule has 0 saturated carbocycles. The van der Waals surface area contributed by atoms with Crippen molar-refractivity contribution in [2.45, 2.75) is 46.0 Å². The monoisotopic (exact) mass is 408 g/mol. The molecule has 0 heterocycles. The van der Waals surface area contributed by atoms with Crippen LogP contribution in [0.2, 0.25) is 0 Å². The van der Waals surface area contributed by atoms with Crippen molar-refractivity contribution >= 4 is 11.9 Å². The van der Waals surface area contributed by atoms with Gasteiger partial charge in [-0.1, -0.05) is 32.8 Å². The maximum absolute atomic E-state index is 12.5. The molecule has 0 aliphatic carbocycles. The number of ketones is 1. The first-order chi connectivity index (χ1) is 14.6. The van der Waals surface area contributed by atoms with Crippen LogP contribution in [0.25, 0.3) is 6.08 Å². The molecule has 0 amide bonds. The Bertz CT molecular complexity index is 850. The van der Waals surface area contributed by atoms with Crippen LogP contribution in [0, 0.1) is 0 Å². The third-order valence-corrected chi connectivity index (χ3v) is 4.63. The highest BCUT2D eigenvalue weighted by atomic mass is 16.5. The Morgan fingerprint density at radius 3 is 2.23 bits per heavy atom. The molecule has 30 heavy (non-hydrogen) atoms. The van der Waals surface area contributed by atoms with Crippen LogP contribution in [-0.2, 0) is 6.42 Å². The van der Waals surface area contributed by atoms with Crippen LogP contribution in [0.15, 0.2) is 55.1 Å². The van der Waals surface area contributed by atoms with Gasteiger partial charge in [-0.3, -0.25) is 4.79 Å². The second-order valence-corrected chi connectivity index (χ2v) is 7.14. The van der Waals surface area contributed by atoms with E-state index in [1.165, 1.54) is 18.2 Å². The molecule has 160 valence electrons. The van der Waals surface area contributed by atoms with Crippen molar-refractivity contribution < 1.29 is 19.4 Å². The zero-order valence-corrected chi connectivity index (χ0v) is 18.0. The van der Waals surface area contributed by atoms with Crippen molar-refractivity contribution in [3.05, 3.63) is 71.8 Å². The number of phenolic OH excluding ortho intramolecular Hbond substituents is 1. The summed E-state index contributed by atoms with van der Waals surface area (Å²) < 4.78 is 12.0. The Morgan fingerprint density at radius 2 is 1.63 bits per heavy atom. The van der Waals surface area contributed by atoms with E-state index in [0.29, 0.717) is 30.9 Å². The number of phenols is 1. The molecule has 0 bridgehead atoms. The Morgan fingerprint density at radius 1 is 1.00 bits per heavy atom. The molecule has 0 radical (unpaired) electrons. The van der Waals surface area contributed by atoms with E-state index < -0.39 is 0 Å². The van der Waals surface area contributed by atoms with Gasteiger partial charge in [0.1, 0.15) is 17.2 Å². The van der Waals surface area contributed by atoms with Gasteiger partial charge >= 0.3 is 0 Å². The molecule has 0 fully saturated rings. The van der Waals surface area contributed by atoms with Gasteiger partial charge in [-0.05, 0) is 67.3 Å². The summed E-state index contributed by atoms with van der Waals surface area (Å²) in [5.41, 5.74) is 2.36. The highest BCUT2D eigenvalue weighted by Gasteiger charge is 2.11. The number of aromatic hydroxyl groups is 1. The lowest BCUT2D eigenvalue weighted by atomic mass is 10.0. The predicted octanol–water partition coefficient (Wildman–Crippen LogP) is 6.37. The fourth-order valence-electron chi connectivity index (χ4n) is 2.87. The van der Waals surface area contributed by atoms with E-state index in [1.54, 1.807) is 18.2 Å². The van der Waals surface area contributed by atoms with E-state index in [2.05, 4.69) is 20.4 Å². The smallest absolute Gasteiger partial charge is 0.185 e. The van der Waals surface area contributed by atoms with Gasteiger partial charge in [0.25, 0.3) is 0 Å². The zero-order chi connectivity index (χ0) is 21.8. The van der Waals surface area contributed by atoms with E-state index in [9.17, 15) is 9.90 Å². The quantitative estimate of drug-likeness (QED) is 0.181. The molecule has 2 aromatic carbocycles. The number of benzene rings is 2. The van der Waals surface area contributed by atoms with Crippen LogP contribution in [0.3, 0.4) is 0 Å². The van der Waals surface area contributed by atoms with Crippen molar-refractivity contribution in [3.63, 3.8) is 0 Å². The van der Waals surface area contributed by atoms with Crippen molar-refractivity contribution in [2.75, 3.05) is 13.2 Å². The summed E-state index contributed by atoms with van der Waals surface area (Å²) in [6.07, 6.45) is 9.87. The van der Waals surface area contributed by atoms with Crippen LogP contribution in [0.1, 0.15) is 61.0 Å². The molecule has 4 nitrogen and oxygen atoms in total. The summed E-state index contributed by atoms with van der Waals surface area (Å²) in [5, 5.41) is 9.40. The normalized spacial score (nSPS) is 10.9. The molecule has 0 aliphatic rings. The standard InChI is InChI=1S/C26H32O4/c1-4-7-16-29-25-19-26(30-17-8-5-2)22(18-21(25)9-6-3)12-15-24(28)20-10-13-23(27)14-11-20/h6,10-15,18-19,27H,3-5,7-9,16-17H2,1-2H3. The number of hydrogen-bond donors (Lipinski definition) is 1. The molecule has 2 aromatic rings. The van der Waals surface area contributed by atoms with E-state index in [0.717, 1.165) is 42.6 Å². The summed E-state index contributed by atoms with van der Waals surface area (Å²) in [6.45, 7) is 9.36. The van der Waals surface area contributed by atoms with Gasteiger partial charge in [0, 0.05) is 17.2 Å². The molecule has 0 atom stereocenters. The molecular formula is C26H32O4. The Hall–Kier alpha value is -3.01. The maximum Gasteiger partial charge on any atom is 0.185 e. The molecule has 2 rings (SSSR count). The van der Waals surface area contributed by atoms with Gasteiger partial charge in [-0.15, -0.1) is 6.58 Å². The zero-order valence-electron chi connectivity index (χ0n) is 18.0. The lowest BCUT2D eigenvalue weighted by Gasteiger charge is -2.16. The first-order valence-electron chi connectivity index (χ1n) is 10.6. The lowest BCUT2D eigenvalue weighted by Crippen LogP contribution is -2.04. The highest BCUT2D eigenvalue weighted by Crippen LogP contribution is 2.31.